The Morgan fingerprint density at radius 3 is 2.85 bits per heavy atom. The fourth-order valence-corrected chi connectivity index (χ4v) is 5.58. The van der Waals surface area contributed by atoms with Gasteiger partial charge in [-0.1, -0.05) is 0 Å². The molecule has 0 unspecified atom stereocenters. The zero-order chi connectivity index (χ0) is 18.4. The SMILES string of the molecule is O=S(=O)(c1ccc2c(c1)CCO2)N1CCC(c2cc3cc[nH]c3cn2)CC1. The molecule has 0 radical (unpaired) electrons. The molecule has 7 heteroatoms. The van der Waals surface area contributed by atoms with Crippen LogP contribution in [-0.2, 0) is 16.4 Å². The predicted octanol–water partition coefficient (Wildman–Crippen LogP) is 3.07. The Morgan fingerprint density at radius 2 is 2.00 bits per heavy atom. The molecular formula is C20H21N3O3S. The second-order valence-corrected chi connectivity index (χ2v) is 9.16. The van der Waals surface area contributed by atoms with Crippen molar-refractivity contribution in [2.24, 2.45) is 0 Å². The number of aromatic nitrogens is 2. The van der Waals surface area contributed by atoms with Crippen LogP contribution in [0.2, 0.25) is 0 Å². The minimum Gasteiger partial charge on any atom is -0.493 e. The molecule has 2 aliphatic heterocycles. The van der Waals surface area contributed by atoms with Gasteiger partial charge < -0.3 is 9.72 Å². The summed E-state index contributed by atoms with van der Waals surface area (Å²) in [6.07, 6.45) is 6.12. The van der Waals surface area contributed by atoms with Crippen molar-refractivity contribution in [2.75, 3.05) is 19.7 Å². The molecule has 2 aromatic heterocycles. The van der Waals surface area contributed by atoms with E-state index in [2.05, 4.69) is 16.0 Å². The summed E-state index contributed by atoms with van der Waals surface area (Å²) < 4.78 is 33.2. The van der Waals surface area contributed by atoms with Crippen LogP contribution in [0.15, 0.2) is 47.6 Å². The van der Waals surface area contributed by atoms with Crippen molar-refractivity contribution in [1.29, 1.82) is 0 Å². The number of nitrogens with one attached hydrogen (secondary N) is 1. The van der Waals surface area contributed by atoms with Gasteiger partial charge in [0.05, 0.1) is 23.2 Å². The highest BCUT2D eigenvalue weighted by Gasteiger charge is 2.31. The minimum absolute atomic E-state index is 0.296. The largest absolute Gasteiger partial charge is 0.493 e. The Hall–Kier alpha value is -2.38. The topological polar surface area (TPSA) is 75.3 Å². The Morgan fingerprint density at radius 1 is 1.15 bits per heavy atom. The number of benzene rings is 1. The lowest BCUT2D eigenvalue weighted by Gasteiger charge is -2.31. The zero-order valence-corrected chi connectivity index (χ0v) is 15.7. The van der Waals surface area contributed by atoms with Crippen LogP contribution in [-0.4, -0.2) is 42.4 Å². The number of hydrogen-bond donors (Lipinski definition) is 1. The van der Waals surface area contributed by atoms with Gasteiger partial charge in [0.25, 0.3) is 0 Å². The normalized spacial score (nSPS) is 18.5. The first-order chi connectivity index (χ1) is 13.1. The van der Waals surface area contributed by atoms with Gasteiger partial charge in [-0.15, -0.1) is 0 Å². The van der Waals surface area contributed by atoms with Crippen LogP contribution >= 0.6 is 0 Å². The van der Waals surface area contributed by atoms with Gasteiger partial charge in [-0.2, -0.15) is 4.31 Å². The third-order valence-corrected chi connectivity index (χ3v) is 7.52. The van der Waals surface area contributed by atoms with Crippen molar-refractivity contribution in [2.45, 2.75) is 30.1 Å². The quantitative estimate of drug-likeness (QED) is 0.754. The van der Waals surface area contributed by atoms with Crippen LogP contribution in [0.1, 0.15) is 30.0 Å². The van der Waals surface area contributed by atoms with Gasteiger partial charge in [0, 0.05) is 42.7 Å². The summed E-state index contributed by atoms with van der Waals surface area (Å²) in [5.41, 5.74) is 3.06. The molecule has 0 spiro atoms. The maximum absolute atomic E-state index is 13.0. The number of rotatable bonds is 3. The Bertz CT molecular complexity index is 1100. The molecule has 1 N–H and O–H groups in total. The van der Waals surface area contributed by atoms with E-state index in [0.29, 0.717) is 30.5 Å². The third-order valence-electron chi connectivity index (χ3n) is 5.63. The number of sulfonamides is 1. The lowest BCUT2D eigenvalue weighted by atomic mass is 9.94. The molecule has 0 atom stereocenters. The van der Waals surface area contributed by atoms with Gasteiger partial charge in [0.2, 0.25) is 10.0 Å². The van der Waals surface area contributed by atoms with Crippen molar-refractivity contribution in [3.63, 3.8) is 0 Å². The summed E-state index contributed by atoms with van der Waals surface area (Å²) >= 11 is 0. The lowest BCUT2D eigenvalue weighted by molar-refractivity contribution is 0.317. The van der Waals surface area contributed by atoms with Gasteiger partial charge in [0.1, 0.15) is 5.75 Å². The molecule has 3 aromatic rings. The van der Waals surface area contributed by atoms with Crippen molar-refractivity contribution >= 4 is 20.9 Å². The number of pyridine rings is 1. The number of H-pyrrole nitrogens is 1. The molecule has 5 rings (SSSR count). The van der Waals surface area contributed by atoms with E-state index in [0.717, 1.165) is 47.2 Å². The molecule has 0 amide bonds. The summed E-state index contributed by atoms with van der Waals surface area (Å²) in [4.78, 5) is 8.10. The maximum Gasteiger partial charge on any atom is 0.243 e. The van der Waals surface area contributed by atoms with Crippen molar-refractivity contribution in [1.82, 2.24) is 14.3 Å². The standard InChI is InChI=1S/C20H21N3O3S/c24-27(25,17-1-2-20-16(11-17)6-10-26-20)23-8-4-14(5-9-23)18-12-15-3-7-21-19(15)13-22-18/h1-3,7,11-14,21H,4-6,8-10H2. The number of ether oxygens (including phenoxy) is 1. The minimum atomic E-state index is -3.46. The van der Waals surface area contributed by atoms with Gasteiger partial charge in [-0.05, 0) is 48.7 Å². The van der Waals surface area contributed by atoms with E-state index in [-0.39, 0.29) is 0 Å². The van der Waals surface area contributed by atoms with E-state index < -0.39 is 10.0 Å². The van der Waals surface area contributed by atoms with Gasteiger partial charge >= 0.3 is 0 Å². The number of nitrogens with zero attached hydrogens (tertiary/aromatic N) is 2. The van der Waals surface area contributed by atoms with E-state index >= 15 is 0 Å². The summed E-state index contributed by atoms with van der Waals surface area (Å²) in [6, 6.07) is 9.36. The van der Waals surface area contributed by atoms with E-state index in [9.17, 15) is 8.42 Å². The molecule has 2 aliphatic rings. The average molecular weight is 383 g/mol. The summed E-state index contributed by atoms with van der Waals surface area (Å²) in [5.74, 6) is 1.10. The second-order valence-electron chi connectivity index (χ2n) is 7.22. The highest BCUT2D eigenvalue weighted by molar-refractivity contribution is 7.89. The molecule has 0 bridgehead atoms. The lowest BCUT2D eigenvalue weighted by Crippen LogP contribution is -2.38. The van der Waals surface area contributed by atoms with Crippen LogP contribution in [0.4, 0.5) is 0 Å². The molecule has 1 fully saturated rings. The molecule has 0 saturated carbocycles. The van der Waals surface area contributed by atoms with Crippen molar-refractivity contribution in [3.05, 3.63) is 54.0 Å². The van der Waals surface area contributed by atoms with Crippen molar-refractivity contribution in [3.8, 4) is 5.75 Å². The summed E-state index contributed by atoms with van der Waals surface area (Å²) in [5, 5.41) is 1.15. The van der Waals surface area contributed by atoms with Crippen LogP contribution < -0.4 is 4.74 Å². The van der Waals surface area contributed by atoms with Gasteiger partial charge in [-0.25, -0.2) is 8.42 Å². The highest BCUT2D eigenvalue weighted by atomic mass is 32.2. The van der Waals surface area contributed by atoms with E-state index in [4.69, 9.17) is 4.74 Å². The van der Waals surface area contributed by atoms with Gasteiger partial charge in [0.15, 0.2) is 0 Å². The average Bonchev–Trinajstić information content (AvgIpc) is 3.35. The first-order valence-electron chi connectivity index (χ1n) is 9.30. The number of hydrogen-bond acceptors (Lipinski definition) is 4. The summed E-state index contributed by atoms with van der Waals surface area (Å²) in [7, 11) is -3.46. The maximum atomic E-state index is 13.0. The molecule has 6 nitrogen and oxygen atoms in total. The third kappa shape index (κ3) is 2.91. The Labute approximate surface area is 158 Å². The first-order valence-corrected chi connectivity index (χ1v) is 10.7. The smallest absolute Gasteiger partial charge is 0.243 e. The number of fused-ring (bicyclic) bond motifs is 2. The zero-order valence-electron chi connectivity index (χ0n) is 14.9. The van der Waals surface area contributed by atoms with Gasteiger partial charge in [-0.3, -0.25) is 4.98 Å². The predicted molar refractivity (Wildman–Crippen MR) is 102 cm³/mol. The molecule has 0 aliphatic carbocycles. The fourth-order valence-electron chi connectivity index (χ4n) is 4.06. The summed E-state index contributed by atoms with van der Waals surface area (Å²) in [6.45, 7) is 1.67. The van der Waals surface area contributed by atoms with E-state index in [1.54, 1.807) is 22.5 Å². The van der Waals surface area contributed by atoms with Crippen LogP contribution in [0.25, 0.3) is 10.9 Å². The van der Waals surface area contributed by atoms with Crippen LogP contribution in [0.5, 0.6) is 5.75 Å². The monoisotopic (exact) mass is 383 g/mol. The number of piperidine rings is 1. The van der Waals surface area contributed by atoms with Crippen molar-refractivity contribution < 1.29 is 13.2 Å². The Kier molecular flexibility index (Phi) is 3.94. The van der Waals surface area contributed by atoms with Crippen LogP contribution in [0, 0.1) is 0 Å². The van der Waals surface area contributed by atoms with Crippen LogP contribution in [0.3, 0.4) is 0 Å². The van der Waals surface area contributed by atoms with E-state index in [1.807, 2.05) is 18.5 Å². The molecular weight excluding hydrogens is 362 g/mol. The Balaban J connectivity index is 1.33. The number of aromatic amines is 1. The molecule has 1 aromatic carbocycles. The highest BCUT2D eigenvalue weighted by Crippen LogP contribution is 2.33. The second kappa shape index (κ2) is 6.35. The first kappa shape index (κ1) is 16.8. The fraction of sp³-hybridized carbons (Fsp3) is 0.350. The molecule has 4 heterocycles. The molecule has 140 valence electrons. The van der Waals surface area contributed by atoms with E-state index in [1.165, 1.54) is 0 Å². The molecule has 1 saturated heterocycles. The molecule has 27 heavy (non-hydrogen) atoms.